The van der Waals surface area contributed by atoms with E-state index in [9.17, 15) is 9.59 Å². The van der Waals surface area contributed by atoms with Gasteiger partial charge >= 0.3 is 5.97 Å². The molecular formula is C21H23NO6S. The number of benzene rings is 2. The first-order valence-corrected chi connectivity index (χ1v) is 10.1. The standard InChI is InChI=1S/C21H23NO6S/c1-5-28-14-8-6-13(7-9-14)22-20(24)18-15(21(22)29-12-17(23)26-3)10-11-16(25-2)19(18)27-4/h6-11,21H,5,12H2,1-4H3/t21-/m1/s1. The Morgan fingerprint density at radius 1 is 1.07 bits per heavy atom. The van der Waals surface area contributed by atoms with Crippen LogP contribution in [0.3, 0.4) is 0 Å². The molecular weight excluding hydrogens is 394 g/mol. The van der Waals surface area contributed by atoms with Gasteiger partial charge in [-0.2, -0.15) is 0 Å². The van der Waals surface area contributed by atoms with Crippen LogP contribution in [0.5, 0.6) is 17.2 Å². The number of carbonyl (C=O) groups is 2. The molecule has 3 rings (SSSR count). The largest absolute Gasteiger partial charge is 0.494 e. The van der Waals surface area contributed by atoms with Crippen molar-refractivity contribution in [3.05, 3.63) is 47.5 Å². The van der Waals surface area contributed by atoms with Crippen LogP contribution in [-0.4, -0.2) is 45.6 Å². The molecule has 0 saturated heterocycles. The summed E-state index contributed by atoms with van der Waals surface area (Å²) in [6.07, 6.45) is 0. The zero-order valence-electron chi connectivity index (χ0n) is 16.8. The zero-order valence-corrected chi connectivity index (χ0v) is 17.6. The fraction of sp³-hybridized carbons (Fsp3) is 0.333. The molecule has 0 N–H and O–H groups in total. The number of methoxy groups -OCH3 is 3. The summed E-state index contributed by atoms with van der Waals surface area (Å²) in [4.78, 5) is 26.8. The summed E-state index contributed by atoms with van der Waals surface area (Å²) in [5, 5.41) is -0.408. The highest BCUT2D eigenvalue weighted by molar-refractivity contribution is 8.00. The van der Waals surface area contributed by atoms with E-state index in [4.69, 9.17) is 18.9 Å². The van der Waals surface area contributed by atoms with Crippen LogP contribution in [0.4, 0.5) is 5.69 Å². The summed E-state index contributed by atoms with van der Waals surface area (Å²) in [6, 6.07) is 10.9. The minimum absolute atomic E-state index is 0.107. The van der Waals surface area contributed by atoms with Crippen LogP contribution in [0.1, 0.15) is 28.2 Å². The molecule has 0 radical (unpaired) electrons. The number of ether oxygens (including phenoxy) is 4. The average molecular weight is 417 g/mol. The lowest BCUT2D eigenvalue weighted by Gasteiger charge is -2.25. The van der Waals surface area contributed by atoms with E-state index in [-0.39, 0.29) is 17.6 Å². The van der Waals surface area contributed by atoms with Gasteiger partial charge < -0.3 is 18.9 Å². The predicted molar refractivity (Wildman–Crippen MR) is 111 cm³/mol. The first kappa shape index (κ1) is 20.9. The minimum Gasteiger partial charge on any atom is -0.494 e. The van der Waals surface area contributed by atoms with Crippen molar-refractivity contribution in [2.45, 2.75) is 12.3 Å². The van der Waals surface area contributed by atoms with Gasteiger partial charge in [0.1, 0.15) is 11.1 Å². The first-order valence-electron chi connectivity index (χ1n) is 9.05. The molecule has 7 nitrogen and oxygen atoms in total. The number of hydrogen-bond acceptors (Lipinski definition) is 7. The molecule has 0 bridgehead atoms. The van der Waals surface area contributed by atoms with Crippen LogP contribution in [0.25, 0.3) is 0 Å². The first-order chi connectivity index (χ1) is 14.0. The smallest absolute Gasteiger partial charge is 0.315 e. The number of amides is 1. The molecule has 1 atom stereocenters. The Morgan fingerprint density at radius 3 is 2.38 bits per heavy atom. The van der Waals surface area contributed by atoms with Crippen LogP contribution in [-0.2, 0) is 9.53 Å². The van der Waals surface area contributed by atoms with E-state index in [2.05, 4.69) is 0 Å². The molecule has 0 spiro atoms. The molecule has 2 aromatic carbocycles. The maximum Gasteiger partial charge on any atom is 0.315 e. The highest BCUT2D eigenvalue weighted by Gasteiger charge is 2.41. The predicted octanol–water partition coefficient (Wildman–Crippen LogP) is 3.67. The third-order valence-electron chi connectivity index (χ3n) is 4.52. The molecule has 0 aromatic heterocycles. The number of thioether (sulfide) groups is 1. The Kier molecular flexibility index (Phi) is 6.53. The van der Waals surface area contributed by atoms with Gasteiger partial charge in [-0.15, -0.1) is 11.8 Å². The average Bonchev–Trinajstić information content (AvgIpc) is 3.03. The number of esters is 1. The molecule has 0 saturated carbocycles. The molecule has 2 aromatic rings. The fourth-order valence-electron chi connectivity index (χ4n) is 3.23. The van der Waals surface area contributed by atoms with Gasteiger partial charge in [-0.25, -0.2) is 0 Å². The maximum atomic E-state index is 13.4. The van der Waals surface area contributed by atoms with Crippen LogP contribution in [0, 0.1) is 0 Å². The topological polar surface area (TPSA) is 74.3 Å². The lowest BCUT2D eigenvalue weighted by Crippen LogP contribution is -2.27. The van der Waals surface area contributed by atoms with E-state index in [1.807, 2.05) is 37.3 Å². The number of carbonyl (C=O) groups excluding carboxylic acids is 2. The zero-order chi connectivity index (χ0) is 21.0. The second-order valence-electron chi connectivity index (χ2n) is 6.11. The SMILES string of the molecule is CCOc1ccc(N2C(=O)c3c(ccc(OC)c3OC)[C@H]2SCC(=O)OC)cc1. The van der Waals surface area contributed by atoms with E-state index in [1.54, 1.807) is 11.0 Å². The highest BCUT2D eigenvalue weighted by atomic mass is 32.2. The molecule has 1 amide bonds. The molecule has 1 aliphatic rings. The van der Waals surface area contributed by atoms with Gasteiger partial charge in [0.25, 0.3) is 5.91 Å². The van der Waals surface area contributed by atoms with E-state index in [0.29, 0.717) is 29.4 Å². The summed E-state index contributed by atoms with van der Waals surface area (Å²) in [5.41, 5.74) is 1.89. The lowest BCUT2D eigenvalue weighted by atomic mass is 10.1. The van der Waals surface area contributed by atoms with Crippen LogP contribution < -0.4 is 19.1 Å². The molecule has 0 unspecified atom stereocenters. The third kappa shape index (κ3) is 3.98. The van der Waals surface area contributed by atoms with Crippen molar-refractivity contribution in [3.8, 4) is 17.2 Å². The Bertz CT molecular complexity index is 899. The van der Waals surface area contributed by atoms with Gasteiger partial charge in [0, 0.05) is 11.3 Å². The molecule has 154 valence electrons. The van der Waals surface area contributed by atoms with Gasteiger partial charge in [-0.3, -0.25) is 14.5 Å². The summed E-state index contributed by atoms with van der Waals surface area (Å²) < 4.78 is 21.1. The summed E-state index contributed by atoms with van der Waals surface area (Å²) >= 11 is 1.32. The lowest BCUT2D eigenvalue weighted by molar-refractivity contribution is -0.137. The molecule has 0 aliphatic carbocycles. The number of nitrogens with zero attached hydrogens (tertiary/aromatic N) is 1. The summed E-state index contributed by atoms with van der Waals surface area (Å²) in [7, 11) is 4.37. The van der Waals surface area contributed by atoms with E-state index in [1.165, 1.54) is 33.1 Å². The summed E-state index contributed by atoms with van der Waals surface area (Å²) in [5.74, 6) is 1.11. The Hall–Kier alpha value is -2.87. The van der Waals surface area contributed by atoms with Crippen molar-refractivity contribution >= 4 is 29.3 Å². The van der Waals surface area contributed by atoms with Crippen molar-refractivity contribution in [1.82, 2.24) is 0 Å². The third-order valence-corrected chi connectivity index (χ3v) is 5.71. The molecule has 0 fully saturated rings. The molecule has 29 heavy (non-hydrogen) atoms. The number of rotatable bonds is 8. The van der Waals surface area contributed by atoms with Crippen molar-refractivity contribution < 1.29 is 28.5 Å². The normalized spacial score (nSPS) is 15.1. The van der Waals surface area contributed by atoms with Gasteiger partial charge in [-0.1, -0.05) is 6.07 Å². The Labute approximate surface area is 173 Å². The van der Waals surface area contributed by atoms with Gasteiger partial charge in [0.05, 0.1) is 39.3 Å². The molecule has 8 heteroatoms. The second kappa shape index (κ2) is 9.09. The fourth-order valence-corrected chi connectivity index (χ4v) is 4.38. The van der Waals surface area contributed by atoms with Crippen LogP contribution in [0.2, 0.25) is 0 Å². The number of fused-ring (bicyclic) bond motifs is 1. The van der Waals surface area contributed by atoms with Crippen molar-refractivity contribution in [2.24, 2.45) is 0 Å². The van der Waals surface area contributed by atoms with E-state index in [0.717, 1.165) is 11.3 Å². The van der Waals surface area contributed by atoms with Crippen LogP contribution in [0.15, 0.2) is 36.4 Å². The Morgan fingerprint density at radius 2 is 1.79 bits per heavy atom. The number of hydrogen-bond donors (Lipinski definition) is 0. The monoisotopic (exact) mass is 417 g/mol. The van der Waals surface area contributed by atoms with E-state index >= 15 is 0 Å². The Balaban J connectivity index is 2.05. The minimum atomic E-state index is -0.408. The van der Waals surface area contributed by atoms with Gasteiger partial charge in [-0.05, 0) is 37.3 Å². The van der Waals surface area contributed by atoms with E-state index < -0.39 is 5.37 Å². The summed E-state index contributed by atoms with van der Waals surface area (Å²) in [6.45, 7) is 2.47. The van der Waals surface area contributed by atoms with Crippen molar-refractivity contribution in [3.63, 3.8) is 0 Å². The maximum absolute atomic E-state index is 13.4. The second-order valence-corrected chi connectivity index (χ2v) is 7.18. The number of anilines is 1. The van der Waals surface area contributed by atoms with Gasteiger partial charge in [0.2, 0.25) is 0 Å². The molecule has 1 aliphatic heterocycles. The quantitative estimate of drug-likeness (QED) is 0.607. The molecule has 1 heterocycles. The highest BCUT2D eigenvalue weighted by Crippen LogP contribution is 2.49. The van der Waals surface area contributed by atoms with Crippen LogP contribution >= 0.6 is 11.8 Å². The van der Waals surface area contributed by atoms with Crippen molar-refractivity contribution in [1.29, 1.82) is 0 Å². The van der Waals surface area contributed by atoms with Crippen molar-refractivity contribution in [2.75, 3.05) is 38.6 Å². The van der Waals surface area contributed by atoms with Gasteiger partial charge in [0.15, 0.2) is 11.5 Å².